The first kappa shape index (κ1) is 18.3. The lowest BCUT2D eigenvalue weighted by molar-refractivity contribution is 0.0926. The standard InChI is InChI=1S/C10H23NO7P2/c1-8-6-9(2,3)11(7-8)5-4-10(12,19(13,14)15)20(16,17)18/h8,12H,4-7H2,1-3H3,(H2,13,14,15)(H2,16,17,18). The minimum Gasteiger partial charge on any atom is -0.367 e. The second-order valence-corrected chi connectivity index (χ2v) is 10.2. The average Bonchev–Trinajstić information content (AvgIpc) is 2.44. The zero-order valence-corrected chi connectivity index (χ0v) is 13.6. The Labute approximate surface area is 118 Å². The van der Waals surface area contributed by atoms with E-state index >= 15 is 0 Å². The van der Waals surface area contributed by atoms with Crippen LogP contribution in [0, 0.1) is 5.92 Å². The number of hydrogen-bond acceptors (Lipinski definition) is 4. The summed E-state index contributed by atoms with van der Waals surface area (Å²) in [5.74, 6) is 0.378. The van der Waals surface area contributed by atoms with Crippen molar-refractivity contribution in [3.05, 3.63) is 0 Å². The highest BCUT2D eigenvalue weighted by molar-refractivity contribution is 7.72. The van der Waals surface area contributed by atoms with Crippen molar-refractivity contribution in [3.63, 3.8) is 0 Å². The largest absolute Gasteiger partial charge is 0.369 e. The highest BCUT2D eigenvalue weighted by atomic mass is 31.2. The van der Waals surface area contributed by atoms with Gasteiger partial charge in [-0.05, 0) is 26.2 Å². The van der Waals surface area contributed by atoms with Crippen LogP contribution in [0.15, 0.2) is 0 Å². The molecule has 5 N–H and O–H groups in total. The molecule has 20 heavy (non-hydrogen) atoms. The van der Waals surface area contributed by atoms with Crippen LogP contribution in [0.5, 0.6) is 0 Å². The summed E-state index contributed by atoms with van der Waals surface area (Å²) < 4.78 is 22.5. The van der Waals surface area contributed by atoms with Crippen LogP contribution in [-0.2, 0) is 9.13 Å². The SMILES string of the molecule is CC1CN(CCC(O)(P(=O)(O)O)P(=O)(O)O)C(C)(C)C1. The molecule has 1 saturated heterocycles. The molecule has 1 fully saturated rings. The Hall–Kier alpha value is 0.220. The molecule has 0 bridgehead atoms. The van der Waals surface area contributed by atoms with Crippen LogP contribution in [0.25, 0.3) is 0 Å². The van der Waals surface area contributed by atoms with E-state index < -0.39 is 26.7 Å². The van der Waals surface area contributed by atoms with Gasteiger partial charge in [-0.1, -0.05) is 6.92 Å². The van der Waals surface area contributed by atoms with Crippen LogP contribution in [0.1, 0.15) is 33.6 Å². The number of aliphatic hydroxyl groups is 1. The molecule has 0 saturated carbocycles. The summed E-state index contributed by atoms with van der Waals surface area (Å²) in [5.41, 5.74) is -0.232. The van der Waals surface area contributed by atoms with Gasteiger partial charge in [0.2, 0.25) is 0 Å². The Balaban J connectivity index is 2.90. The molecule has 8 nitrogen and oxygen atoms in total. The lowest BCUT2D eigenvalue weighted by Gasteiger charge is -2.35. The molecule has 0 aromatic carbocycles. The summed E-state index contributed by atoms with van der Waals surface area (Å²) >= 11 is 0. The van der Waals surface area contributed by atoms with E-state index in [-0.39, 0.29) is 12.1 Å². The molecule has 1 unspecified atom stereocenters. The first-order valence-electron chi connectivity index (χ1n) is 6.29. The van der Waals surface area contributed by atoms with Gasteiger partial charge < -0.3 is 24.7 Å². The van der Waals surface area contributed by atoms with E-state index in [1.54, 1.807) is 0 Å². The second-order valence-electron chi connectivity index (χ2n) is 6.18. The molecule has 1 atom stereocenters. The van der Waals surface area contributed by atoms with Gasteiger partial charge in [-0.3, -0.25) is 14.0 Å². The fourth-order valence-corrected chi connectivity index (χ4v) is 4.95. The van der Waals surface area contributed by atoms with E-state index in [1.165, 1.54) is 0 Å². The third kappa shape index (κ3) is 3.51. The Morgan fingerprint density at radius 3 is 1.95 bits per heavy atom. The smallest absolute Gasteiger partial charge is 0.367 e. The molecular weight excluding hydrogens is 308 g/mol. The summed E-state index contributed by atoms with van der Waals surface area (Å²) in [6, 6.07) is 0. The van der Waals surface area contributed by atoms with Crippen molar-refractivity contribution in [2.24, 2.45) is 5.92 Å². The summed E-state index contributed by atoms with van der Waals surface area (Å²) in [6.07, 6.45) is 0.189. The second kappa shape index (κ2) is 5.45. The van der Waals surface area contributed by atoms with Gasteiger partial charge in [0, 0.05) is 25.0 Å². The van der Waals surface area contributed by atoms with Crippen LogP contribution in [-0.4, -0.2) is 53.3 Å². The molecular formula is C10H23NO7P2. The first-order chi connectivity index (χ1) is 8.71. The van der Waals surface area contributed by atoms with Crippen molar-refractivity contribution in [2.45, 2.75) is 44.2 Å². The molecule has 1 aliphatic heterocycles. The van der Waals surface area contributed by atoms with Crippen LogP contribution >= 0.6 is 15.2 Å². The molecule has 10 heteroatoms. The maximum atomic E-state index is 11.3. The molecule has 0 radical (unpaired) electrons. The van der Waals surface area contributed by atoms with Gasteiger partial charge in [0.05, 0.1) is 0 Å². The maximum absolute atomic E-state index is 11.3. The molecule has 0 aliphatic carbocycles. The molecule has 1 heterocycles. The van der Waals surface area contributed by atoms with Gasteiger partial charge in [0.25, 0.3) is 5.08 Å². The van der Waals surface area contributed by atoms with Crippen molar-refractivity contribution in [3.8, 4) is 0 Å². The van der Waals surface area contributed by atoms with Gasteiger partial charge in [-0.25, -0.2) is 0 Å². The van der Waals surface area contributed by atoms with Crippen molar-refractivity contribution >= 4 is 15.2 Å². The fraction of sp³-hybridized carbons (Fsp3) is 1.00. The Morgan fingerprint density at radius 1 is 1.20 bits per heavy atom. The van der Waals surface area contributed by atoms with Gasteiger partial charge in [0.1, 0.15) is 0 Å². The van der Waals surface area contributed by atoms with Crippen molar-refractivity contribution in [1.82, 2.24) is 4.90 Å². The van der Waals surface area contributed by atoms with E-state index in [2.05, 4.69) is 0 Å². The van der Waals surface area contributed by atoms with Crippen LogP contribution in [0.3, 0.4) is 0 Å². The third-order valence-corrected chi connectivity index (χ3v) is 7.76. The third-order valence-electron chi connectivity index (χ3n) is 3.89. The highest BCUT2D eigenvalue weighted by Crippen LogP contribution is 2.69. The average molecular weight is 331 g/mol. The minimum absolute atomic E-state index is 0.00403. The molecule has 120 valence electrons. The quantitative estimate of drug-likeness (QED) is 0.459. The number of rotatable bonds is 5. The summed E-state index contributed by atoms with van der Waals surface area (Å²) in [4.78, 5) is 38.2. The lowest BCUT2D eigenvalue weighted by Crippen LogP contribution is -2.42. The molecule has 0 amide bonds. The van der Waals surface area contributed by atoms with Gasteiger partial charge in [-0.2, -0.15) is 0 Å². The molecule has 0 aromatic rings. The monoisotopic (exact) mass is 331 g/mol. The number of nitrogens with zero attached hydrogens (tertiary/aromatic N) is 1. The lowest BCUT2D eigenvalue weighted by atomic mass is 9.98. The molecule has 1 rings (SSSR count). The predicted molar refractivity (Wildman–Crippen MR) is 73.1 cm³/mol. The van der Waals surface area contributed by atoms with E-state index in [0.717, 1.165) is 6.42 Å². The molecule has 0 spiro atoms. The summed E-state index contributed by atoms with van der Waals surface area (Å²) in [5, 5.41) is 6.51. The van der Waals surface area contributed by atoms with Crippen LogP contribution < -0.4 is 0 Å². The summed E-state index contributed by atoms with van der Waals surface area (Å²) in [6.45, 7) is 6.59. The summed E-state index contributed by atoms with van der Waals surface area (Å²) in [7, 11) is -10.7. The topological polar surface area (TPSA) is 139 Å². The maximum Gasteiger partial charge on any atom is 0.369 e. The Kier molecular flexibility index (Phi) is 4.98. The van der Waals surface area contributed by atoms with Gasteiger partial charge in [0.15, 0.2) is 0 Å². The van der Waals surface area contributed by atoms with Crippen LogP contribution in [0.4, 0.5) is 0 Å². The minimum atomic E-state index is -5.36. The molecule has 0 aromatic heterocycles. The number of likely N-dealkylation sites (tertiary alicyclic amines) is 1. The van der Waals surface area contributed by atoms with E-state index in [1.807, 2.05) is 25.7 Å². The van der Waals surface area contributed by atoms with Crippen molar-refractivity contribution < 1.29 is 33.8 Å². The zero-order valence-electron chi connectivity index (χ0n) is 11.8. The van der Waals surface area contributed by atoms with Gasteiger partial charge in [-0.15, -0.1) is 0 Å². The van der Waals surface area contributed by atoms with E-state index in [0.29, 0.717) is 12.5 Å². The first-order valence-corrected chi connectivity index (χ1v) is 9.52. The Bertz CT molecular complexity index is 433. The van der Waals surface area contributed by atoms with Crippen molar-refractivity contribution in [1.29, 1.82) is 0 Å². The normalized spacial score (nSPS) is 25.1. The predicted octanol–water partition coefficient (Wildman–Crippen LogP) is 0.498. The fourth-order valence-electron chi connectivity index (χ4n) is 2.81. The molecule has 1 aliphatic rings. The zero-order chi connectivity index (χ0) is 16.0. The van der Waals surface area contributed by atoms with E-state index in [4.69, 9.17) is 19.6 Å². The Morgan fingerprint density at radius 2 is 1.65 bits per heavy atom. The van der Waals surface area contributed by atoms with Crippen LogP contribution in [0.2, 0.25) is 0 Å². The van der Waals surface area contributed by atoms with Crippen molar-refractivity contribution in [2.75, 3.05) is 13.1 Å². The van der Waals surface area contributed by atoms with E-state index in [9.17, 15) is 14.2 Å². The van der Waals surface area contributed by atoms with Gasteiger partial charge >= 0.3 is 15.2 Å². The number of hydrogen-bond donors (Lipinski definition) is 5. The highest BCUT2D eigenvalue weighted by Gasteiger charge is 2.59.